The summed E-state index contributed by atoms with van der Waals surface area (Å²) in [5.74, 6) is -1.38. The van der Waals surface area contributed by atoms with Crippen LogP contribution in [0.25, 0.3) is 5.57 Å². The number of aliphatic hydroxyl groups excluding tert-OH is 1. The fourth-order valence-electron chi connectivity index (χ4n) is 5.69. The Hall–Kier alpha value is -2.14. The molecule has 1 N–H and O–H groups in total. The summed E-state index contributed by atoms with van der Waals surface area (Å²) in [5, 5.41) is 11.8. The predicted molar refractivity (Wildman–Crippen MR) is 158 cm³/mol. The van der Waals surface area contributed by atoms with Crippen molar-refractivity contribution in [2.45, 2.75) is 110 Å². The van der Waals surface area contributed by atoms with E-state index >= 15 is 4.39 Å². The van der Waals surface area contributed by atoms with Crippen LogP contribution in [0, 0.1) is 11.2 Å². The summed E-state index contributed by atoms with van der Waals surface area (Å²) in [5.41, 5.74) is 2.64. The van der Waals surface area contributed by atoms with E-state index in [1.165, 1.54) is 0 Å². The third-order valence-corrected chi connectivity index (χ3v) is 13.4. The number of alkyl halides is 3. The van der Waals surface area contributed by atoms with Crippen LogP contribution in [0.5, 0.6) is 0 Å². The molecule has 0 fully saturated rings. The lowest BCUT2D eigenvalue weighted by atomic mass is 9.71. The number of aliphatic hydroxyl groups is 1. The van der Waals surface area contributed by atoms with Crippen LogP contribution in [-0.2, 0) is 21.8 Å². The zero-order valence-corrected chi connectivity index (χ0v) is 27.2. The van der Waals surface area contributed by atoms with Crippen molar-refractivity contribution in [1.82, 2.24) is 9.97 Å². The normalized spacial score (nSPS) is 20.4. The van der Waals surface area contributed by atoms with Crippen LogP contribution >= 0.6 is 0 Å². The van der Waals surface area contributed by atoms with Crippen LogP contribution in [0.15, 0.2) is 18.3 Å². The van der Waals surface area contributed by atoms with E-state index in [9.17, 15) is 18.3 Å². The molecule has 0 radical (unpaired) electrons. The van der Waals surface area contributed by atoms with Gasteiger partial charge in [0.05, 0.1) is 24.5 Å². The first kappa shape index (κ1) is 32.8. The number of halogens is 4. The Kier molecular flexibility index (Phi) is 8.90. The zero-order valence-electron chi connectivity index (χ0n) is 26.2. The molecule has 0 aromatic carbocycles. The van der Waals surface area contributed by atoms with Gasteiger partial charge >= 0.3 is 6.18 Å². The van der Waals surface area contributed by atoms with Crippen LogP contribution in [0.1, 0.15) is 119 Å². The third kappa shape index (κ3) is 6.51. The summed E-state index contributed by atoms with van der Waals surface area (Å²) in [6.07, 6.45) is -2.19. The van der Waals surface area contributed by atoms with Crippen LogP contribution in [0.2, 0.25) is 18.1 Å². The van der Waals surface area contributed by atoms with Gasteiger partial charge in [-0.15, -0.1) is 18.1 Å². The number of pyridine rings is 2. The van der Waals surface area contributed by atoms with Gasteiger partial charge in [0, 0.05) is 29.1 Å². The van der Waals surface area contributed by atoms with E-state index in [4.69, 9.17) is 14.1 Å². The molecule has 10 heteroatoms. The number of fused-ring (bicyclic) bond motifs is 1. The van der Waals surface area contributed by atoms with E-state index in [0.29, 0.717) is 49.6 Å². The number of hydrogen-bond donors (Lipinski definition) is 1. The molecule has 5 nitrogen and oxygen atoms in total. The Morgan fingerprint density at radius 2 is 1.81 bits per heavy atom. The molecule has 2 aliphatic rings. The molecule has 2 atom stereocenters. The fraction of sp³-hybridized carbons (Fsp3) is 0.625. The zero-order chi connectivity index (χ0) is 31.4. The van der Waals surface area contributed by atoms with Gasteiger partial charge in [-0.05, 0) is 56.1 Å². The van der Waals surface area contributed by atoms with Crippen molar-refractivity contribution in [2.75, 3.05) is 13.2 Å². The second kappa shape index (κ2) is 11.4. The highest BCUT2D eigenvalue weighted by molar-refractivity contribution is 6.74. The standard InChI is InChI=1S/C32H44F4N2O3Si/c1-18(2)27-26(29(39)28-21(33)14-20(17-37-28)32(34,35)36)24(19-10-12-40-13-11-19)25-22(38-27)15-31(6,7)16-23(25)41-42(8,9)30(3,4)5/h10,14,17-18,23,29,39H,11-13,15-16H2,1-9H3/q-1/t23?,29-/m0/s1. The van der Waals surface area contributed by atoms with Gasteiger partial charge in [0.15, 0.2) is 0 Å². The van der Waals surface area contributed by atoms with E-state index in [1.54, 1.807) is 0 Å². The number of aromatic nitrogens is 2. The third-order valence-electron chi connectivity index (χ3n) is 8.89. The lowest BCUT2D eigenvalue weighted by Gasteiger charge is -2.53. The molecule has 0 saturated carbocycles. The number of rotatable bonds is 6. The molecule has 0 amide bonds. The average Bonchev–Trinajstić information content (AvgIpc) is 2.85. The molecule has 0 saturated heterocycles. The maximum Gasteiger partial charge on any atom is 0.417 e. The van der Waals surface area contributed by atoms with Gasteiger partial charge in [0.1, 0.15) is 17.6 Å². The molecule has 0 spiro atoms. The van der Waals surface area contributed by atoms with Crippen LogP contribution < -0.4 is 0 Å². The van der Waals surface area contributed by atoms with Gasteiger partial charge in [0.2, 0.25) is 0 Å². The van der Waals surface area contributed by atoms with Crippen molar-refractivity contribution < 1.29 is 31.8 Å². The Morgan fingerprint density at radius 3 is 2.33 bits per heavy atom. The summed E-state index contributed by atoms with van der Waals surface area (Å²) in [4.78, 5) is 8.94. The highest BCUT2D eigenvalue weighted by Gasteiger charge is 2.41. The lowest BCUT2D eigenvalue weighted by Crippen LogP contribution is -2.44. The van der Waals surface area contributed by atoms with E-state index in [1.807, 2.05) is 19.9 Å². The quantitative estimate of drug-likeness (QED) is 0.263. The first-order valence-corrected chi connectivity index (χ1v) is 17.6. The van der Waals surface area contributed by atoms with Gasteiger partial charge in [-0.1, -0.05) is 54.5 Å². The Morgan fingerprint density at radius 1 is 1.14 bits per heavy atom. The summed E-state index contributed by atoms with van der Waals surface area (Å²) >= 11 is 0. The second-order valence-corrected chi connectivity index (χ2v) is 19.0. The summed E-state index contributed by atoms with van der Waals surface area (Å²) in [6.45, 7) is 20.1. The minimum atomic E-state index is -4.76. The van der Waals surface area contributed by atoms with Crippen LogP contribution in [-0.4, -0.2) is 36.6 Å². The number of nitrogens with zero attached hydrogens (tertiary/aromatic N) is 2. The van der Waals surface area contributed by atoms with Crippen molar-refractivity contribution in [3.8, 4) is 0 Å². The molecular weight excluding hydrogens is 564 g/mol. The Balaban J connectivity index is 2.04. The van der Waals surface area contributed by atoms with E-state index < -0.39 is 37.7 Å². The minimum Gasteiger partial charge on any atom is -0.559 e. The summed E-state index contributed by atoms with van der Waals surface area (Å²) in [7, 11) is -2.29. The number of hydrogen-bond acceptors (Lipinski definition) is 5. The smallest absolute Gasteiger partial charge is 0.417 e. The first-order chi connectivity index (χ1) is 19.2. The molecule has 1 unspecified atom stereocenters. The molecule has 233 valence electrons. The molecule has 3 heterocycles. The van der Waals surface area contributed by atoms with Crippen molar-refractivity contribution >= 4 is 13.9 Å². The molecule has 1 aliphatic carbocycles. The van der Waals surface area contributed by atoms with Crippen LogP contribution in [0.4, 0.5) is 17.6 Å². The summed E-state index contributed by atoms with van der Waals surface area (Å²) < 4.78 is 67.9. The Labute approximate surface area is 247 Å². The highest BCUT2D eigenvalue weighted by atomic mass is 28.4. The molecule has 42 heavy (non-hydrogen) atoms. The van der Waals surface area contributed by atoms with E-state index in [0.717, 1.165) is 28.8 Å². The average molecular weight is 609 g/mol. The molecular formula is C32H44F4N2O3Si-. The van der Waals surface area contributed by atoms with Crippen molar-refractivity contribution in [1.29, 1.82) is 0 Å². The van der Waals surface area contributed by atoms with Crippen molar-refractivity contribution in [3.05, 3.63) is 63.5 Å². The van der Waals surface area contributed by atoms with Crippen molar-refractivity contribution in [3.63, 3.8) is 0 Å². The van der Waals surface area contributed by atoms with Crippen molar-refractivity contribution in [2.24, 2.45) is 5.41 Å². The monoisotopic (exact) mass is 608 g/mol. The lowest BCUT2D eigenvalue weighted by molar-refractivity contribution is -0.138. The number of ether oxygens (including phenoxy) is 1. The van der Waals surface area contributed by atoms with Gasteiger partial charge in [-0.25, -0.2) is 4.39 Å². The maximum atomic E-state index is 15.3. The van der Waals surface area contributed by atoms with Gasteiger partial charge in [-0.3, -0.25) is 9.97 Å². The molecule has 0 bridgehead atoms. The molecule has 1 aliphatic heterocycles. The molecule has 2 aromatic rings. The van der Waals surface area contributed by atoms with Gasteiger partial charge in [-0.2, -0.15) is 13.2 Å². The summed E-state index contributed by atoms with van der Waals surface area (Å²) in [6, 6.07) is 0.395. The highest BCUT2D eigenvalue weighted by Crippen LogP contribution is 2.51. The topological polar surface area (TPSA) is 64.5 Å². The predicted octanol–water partition coefficient (Wildman–Crippen LogP) is 8.68. The largest absolute Gasteiger partial charge is 0.559 e. The first-order valence-electron chi connectivity index (χ1n) is 14.7. The van der Waals surface area contributed by atoms with Gasteiger partial charge < -0.3 is 14.3 Å². The SMILES string of the molecule is CC(C)c1nc2c(c(C3=CCOCC3)c1[C@H](O)c1ncc(C(F)(F)F)cc1F)C(O[Si-](C)(C)C(C)(C)C)CC(C)(C)C2. The minimum absolute atomic E-state index is 0.0617. The molecule has 2 aromatic heterocycles. The van der Waals surface area contributed by atoms with Crippen LogP contribution in [0.3, 0.4) is 0 Å². The maximum absolute atomic E-state index is 15.3. The Bertz CT molecular complexity index is 1360. The second-order valence-electron chi connectivity index (χ2n) is 14.3. The fourth-order valence-corrected chi connectivity index (χ4v) is 6.95. The molecule has 4 rings (SSSR count). The van der Waals surface area contributed by atoms with Gasteiger partial charge in [0.25, 0.3) is 0 Å². The van der Waals surface area contributed by atoms with E-state index in [-0.39, 0.29) is 22.5 Å². The van der Waals surface area contributed by atoms with E-state index in [2.05, 4.69) is 52.7 Å².